The van der Waals surface area contributed by atoms with E-state index in [4.69, 9.17) is 16.3 Å². The van der Waals surface area contributed by atoms with Gasteiger partial charge in [-0.1, -0.05) is 37.2 Å². The first-order valence-corrected chi connectivity index (χ1v) is 10.9. The topological polar surface area (TPSA) is 70.1 Å². The summed E-state index contributed by atoms with van der Waals surface area (Å²) in [5, 5.41) is 11.4. The zero-order valence-electron chi connectivity index (χ0n) is 17.5. The van der Waals surface area contributed by atoms with E-state index in [-0.39, 0.29) is 30.9 Å². The molecule has 2 aromatic rings. The highest BCUT2D eigenvalue weighted by Crippen LogP contribution is 2.40. The Hall–Kier alpha value is -2.74. The Kier molecular flexibility index (Phi) is 8.24. The molecular formula is C25H28ClFN2O4. The Morgan fingerprint density at radius 1 is 1.06 bits per heavy atom. The molecule has 2 saturated heterocycles. The van der Waals surface area contributed by atoms with E-state index >= 15 is 0 Å². The summed E-state index contributed by atoms with van der Waals surface area (Å²) in [7, 11) is 0. The van der Waals surface area contributed by atoms with Crippen molar-refractivity contribution in [1.29, 1.82) is 0 Å². The van der Waals surface area contributed by atoms with E-state index < -0.39 is 23.5 Å². The van der Waals surface area contributed by atoms with Gasteiger partial charge in [0.25, 0.3) is 11.7 Å². The molecule has 6 nitrogen and oxygen atoms in total. The largest absolute Gasteiger partial charge is 0.507 e. The van der Waals surface area contributed by atoms with Crippen LogP contribution in [0.4, 0.5) is 4.39 Å². The molecule has 1 amide bonds. The fraction of sp³-hybridized carbons (Fsp3) is 0.360. The van der Waals surface area contributed by atoms with Gasteiger partial charge in [-0.3, -0.25) is 14.5 Å². The summed E-state index contributed by atoms with van der Waals surface area (Å²) in [5.74, 6) is -2.45. The number of ether oxygens (including phenoxy) is 1. The number of morpholine rings is 1. The van der Waals surface area contributed by atoms with Crippen LogP contribution in [0.3, 0.4) is 0 Å². The molecule has 0 radical (unpaired) electrons. The number of rotatable bonds is 6. The zero-order valence-corrected chi connectivity index (χ0v) is 18.2. The third kappa shape index (κ3) is 5.27. The third-order valence-electron chi connectivity index (χ3n) is 5.83. The number of amides is 1. The Labute approximate surface area is 198 Å². The van der Waals surface area contributed by atoms with Crippen LogP contribution in [0.5, 0.6) is 0 Å². The summed E-state index contributed by atoms with van der Waals surface area (Å²) in [6.45, 7) is 3.95. The molecule has 0 spiro atoms. The number of nitrogens with zero attached hydrogens (tertiary/aromatic N) is 2. The lowest BCUT2D eigenvalue weighted by Gasteiger charge is -2.29. The maximum Gasteiger partial charge on any atom is 0.295 e. The Balaban J connectivity index is 0.00000306. The lowest BCUT2D eigenvalue weighted by molar-refractivity contribution is -0.140. The van der Waals surface area contributed by atoms with Crippen molar-refractivity contribution in [3.63, 3.8) is 0 Å². The fourth-order valence-electron chi connectivity index (χ4n) is 4.18. The molecular weight excluding hydrogens is 447 g/mol. The highest BCUT2D eigenvalue weighted by Gasteiger charge is 2.46. The van der Waals surface area contributed by atoms with Gasteiger partial charge in [0, 0.05) is 42.3 Å². The molecule has 1 unspecified atom stereocenters. The van der Waals surface area contributed by atoms with Crippen LogP contribution in [0.2, 0.25) is 5.02 Å². The number of Topliss-reactive ketones (excluding diaryl/α,β-unsaturated/α-hetero) is 1. The van der Waals surface area contributed by atoms with E-state index in [1.54, 1.807) is 36.4 Å². The van der Waals surface area contributed by atoms with Crippen LogP contribution >= 0.6 is 11.6 Å². The van der Waals surface area contributed by atoms with E-state index in [1.807, 2.05) is 0 Å². The van der Waals surface area contributed by atoms with Gasteiger partial charge >= 0.3 is 0 Å². The molecule has 1 N–H and O–H groups in total. The van der Waals surface area contributed by atoms with Crippen molar-refractivity contribution in [3.8, 4) is 0 Å². The van der Waals surface area contributed by atoms with E-state index in [0.717, 1.165) is 19.6 Å². The van der Waals surface area contributed by atoms with Crippen molar-refractivity contribution in [1.82, 2.24) is 9.80 Å². The molecule has 1 atom stereocenters. The van der Waals surface area contributed by atoms with E-state index in [2.05, 4.69) is 4.90 Å². The van der Waals surface area contributed by atoms with Crippen LogP contribution in [0.25, 0.3) is 5.76 Å². The molecule has 0 saturated carbocycles. The summed E-state index contributed by atoms with van der Waals surface area (Å²) in [6, 6.07) is 11.3. The molecule has 0 bridgehead atoms. The Morgan fingerprint density at radius 2 is 1.73 bits per heavy atom. The second-order valence-electron chi connectivity index (χ2n) is 7.83. The Morgan fingerprint density at radius 3 is 2.39 bits per heavy atom. The second kappa shape index (κ2) is 10.9. The molecule has 2 heterocycles. The summed E-state index contributed by atoms with van der Waals surface area (Å²) in [4.78, 5) is 29.5. The van der Waals surface area contributed by atoms with Crippen molar-refractivity contribution >= 4 is 29.1 Å². The number of halogens is 2. The van der Waals surface area contributed by atoms with Gasteiger partial charge in [-0.05, 0) is 36.8 Å². The van der Waals surface area contributed by atoms with E-state index in [1.165, 1.54) is 17.0 Å². The zero-order chi connectivity index (χ0) is 22.7. The summed E-state index contributed by atoms with van der Waals surface area (Å²) in [5.41, 5.74) is 0.393. The Bertz CT molecular complexity index is 1030. The molecule has 0 aromatic heterocycles. The molecule has 33 heavy (non-hydrogen) atoms. The number of aliphatic hydroxyl groups is 1. The minimum absolute atomic E-state index is 0. The number of ketones is 1. The number of carbonyl (C=O) groups excluding carboxylic acids is 2. The number of likely N-dealkylation sites (tertiary alicyclic amines) is 1. The van der Waals surface area contributed by atoms with E-state index in [0.29, 0.717) is 30.2 Å². The van der Waals surface area contributed by atoms with Crippen LogP contribution in [0.1, 0.15) is 31.0 Å². The van der Waals surface area contributed by atoms with E-state index in [9.17, 15) is 19.1 Å². The SMILES string of the molecule is C.O=C1C(=O)N(CCCN2CCOCC2)C(c2ccccc2F)C1=C(O)c1ccc(Cl)cc1. The lowest BCUT2D eigenvalue weighted by Crippen LogP contribution is -2.39. The summed E-state index contributed by atoms with van der Waals surface area (Å²) < 4.78 is 20.1. The van der Waals surface area contributed by atoms with Crippen LogP contribution in [-0.4, -0.2) is 66.0 Å². The number of hydrogen-bond acceptors (Lipinski definition) is 5. The first-order valence-electron chi connectivity index (χ1n) is 10.6. The summed E-state index contributed by atoms with van der Waals surface area (Å²) in [6.07, 6.45) is 0.610. The molecule has 2 fully saturated rings. The van der Waals surface area contributed by atoms with Gasteiger partial charge in [0.05, 0.1) is 24.8 Å². The standard InChI is InChI=1S/C24H24ClFN2O4.CH4/c25-17-8-6-16(7-9-17)22(29)20-21(18-4-1-2-5-19(18)26)28(24(31)23(20)30)11-3-10-27-12-14-32-15-13-27;/h1-2,4-9,21,29H,3,10-15H2;1H4. The fourth-order valence-corrected chi connectivity index (χ4v) is 4.31. The molecule has 4 rings (SSSR count). The van der Waals surface area contributed by atoms with Crippen LogP contribution in [0, 0.1) is 5.82 Å². The molecule has 2 aliphatic heterocycles. The van der Waals surface area contributed by atoms with Gasteiger partial charge in [-0.15, -0.1) is 0 Å². The van der Waals surface area contributed by atoms with Crippen LogP contribution in [0.15, 0.2) is 54.1 Å². The van der Waals surface area contributed by atoms with Gasteiger partial charge in [-0.25, -0.2) is 4.39 Å². The molecule has 0 aliphatic carbocycles. The summed E-state index contributed by atoms with van der Waals surface area (Å²) >= 11 is 5.93. The van der Waals surface area contributed by atoms with Crippen molar-refractivity contribution in [2.45, 2.75) is 19.9 Å². The lowest BCUT2D eigenvalue weighted by atomic mass is 9.95. The molecule has 2 aromatic carbocycles. The predicted octanol–water partition coefficient (Wildman–Crippen LogP) is 4.26. The van der Waals surface area contributed by atoms with Crippen molar-refractivity contribution in [2.75, 3.05) is 39.4 Å². The first kappa shape index (κ1) is 24.9. The number of hydrogen-bond donors (Lipinski definition) is 1. The first-order chi connectivity index (χ1) is 15.5. The monoisotopic (exact) mass is 474 g/mol. The van der Waals surface area contributed by atoms with Gasteiger partial charge in [0.2, 0.25) is 0 Å². The number of benzene rings is 2. The minimum atomic E-state index is -1.00. The highest BCUT2D eigenvalue weighted by atomic mass is 35.5. The van der Waals surface area contributed by atoms with Gasteiger partial charge in [-0.2, -0.15) is 0 Å². The normalized spacial score (nSPS) is 20.7. The molecule has 2 aliphatic rings. The predicted molar refractivity (Wildman–Crippen MR) is 125 cm³/mol. The molecule has 176 valence electrons. The van der Waals surface area contributed by atoms with Crippen LogP contribution < -0.4 is 0 Å². The maximum absolute atomic E-state index is 14.8. The minimum Gasteiger partial charge on any atom is -0.507 e. The smallest absolute Gasteiger partial charge is 0.295 e. The van der Waals surface area contributed by atoms with Crippen LogP contribution in [-0.2, 0) is 14.3 Å². The molecule has 8 heteroatoms. The second-order valence-corrected chi connectivity index (χ2v) is 8.26. The van der Waals surface area contributed by atoms with Crippen molar-refractivity contribution in [2.24, 2.45) is 0 Å². The van der Waals surface area contributed by atoms with Crippen molar-refractivity contribution < 1.29 is 23.8 Å². The number of aliphatic hydroxyl groups excluding tert-OH is 1. The third-order valence-corrected chi connectivity index (χ3v) is 6.09. The van der Waals surface area contributed by atoms with Gasteiger partial charge in [0.15, 0.2) is 0 Å². The maximum atomic E-state index is 14.8. The van der Waals surface area contributed by atoms with Crippen molar-refractivity contribution in [3.05, 3.63) is 76.1 Å². The average Bonchev–Trinajstić information content (AvgIpc) is 3.05. The quantitative estimate of drug-likeness (QED) is 0.385. The highest BCUT2D eigenvalue weighted by molar-refractivity contribution is 6.46. The van der Waals surface area contributed by atoms with Gasteiger partial charge < -0.3 is 14.7 Å². The van der Waals surface area contributed by atoms with Gasteiger partial charge in [0.1, 0.15) is 11.6 Å². The number of carbonyl (C=O) groups is 2. The average molecular weight is 475 g/mol.